The van der Waals surface area contributed by atoms with Crippen LogP contribution in [0.5, 0.6) is 0 Å². The van der Waals surface area contributed by atoms with Gasteiger partial charge in [-0.1, -0.05) is 123 Å². The highest BCUT2D eigenvalue weighted by molar-refractivity contribution is 7.75. The molecule has 1 aliphatic heterocycles. The average molecular weight is 821 g/mol. The number of fused-ring (bicyclic) bond motifs is 8. The van der Waals surface area contributed by atoms with Gasteiger partial charge in [-0.15, -0.1) is 0 Å². The highest BCUT2D eigenvalue weighted by Gasteiger charge is 2.45. The van der Waals surface area contributed by atoms with Gasteiger partial charge in [0.25, 0.3) is 0 Å². The normalized spacial score (nSPS) is 16.8. The molecule has 60 heavy (non-hydrogen) atoms. The van der Waals surface area contributed by atoms with Gasteiger partial charge >= 0.3 is 0 Å². The molecule has 7 aromatic carbocycles. The van der Waals surface area contributed by atoms with Crippen LogP contribution in [0, 0.1) is 0 Å². The van der Waals surface area contributed by atoms with E-state index < -0.39 is 22.4 Å². The van der Waals surface area contributed by atoms with Gasteiger partial charge in [-0.25, -0.2) is 0 Å². The van der Waals surface area contributed by atoms with Gasteiger partial charge in [0, 0.05) is 39.1 Å². The molecular formula is C54H35N2OP3+2. The van der Waals surface area contributed by atoms with Crippen LogP contribution in [0.3, 0.4) is 0 Å². The Bertz CT molecular complexity index is 3820. The fraction of sp³-hybridized carbons (Fsp3) is 0.0370. The Balaban J connectivity index is 1.31. The minimum atomic E-state index is -1.05. The first kappa shape index (κ1) is 33.4. The van der Waals surface area contributed by atoms with Gasteiger partial charge in [0.15, 0.2) is 36.1 Å². The molecule has 4 unspecified atom stereocenters. The fourth-order valence-corrected chi connectivity index (χ4v) is 19.6. The monoisotopic (exact) mass is 820 g/mol. The Hall–Kier alpha value is -6.46. The summed E-state index contributed by atoms with van der Waals surface area (Å²) in [6, 6.07) is 56.8. The van der Waals surface area contributed by atoms with Crippen LogP contribution in [-0.2, 0) is 6.42 Å². The number of aromatic nitrogens is 2. The first-order chi connectivity index (χ1) is 29.8. The molecule has 0 bridgehead atoms. The van der Waals surface area contributed by atoms with Crippen LogP contribution in [0.25, 0.3) is 81.8 Å². The SMILES string of the molecule is C1=CCc2c(c3cc4oc5cc6c(c7c5p5c8c(cccc8n(-c8ccccc8)c(c45)c3[p+]2-c2ccccc2)n7-c2ccccc2)[P+](c2ccccc2)=C2C=CC=CC26)=C1. The lowest BCUT2D eigenvalue weighted by Crippen LogP contribution is -2.15. The standard InChI is InChI=1S/C54H35N2OP3/c1-5-18-34(19-6-1)55-42-28-17-29-43-52(42)60-53-44(32-40-38-26-13-15-30-46(38)58(50(40)48(53)55)36-22-9-3-10-23-36)57-45-33-41-39-27-14-16-31-47(39)59(37-24-11-4-12-25-37)51(41)49(54(45)60)56(43)35-20-7-2-8-21-35/h1-30,32-33,38H,31H2/q+2. The van der Waals surface area contributed by atoms with Crippen molar-refractivity contribution in [2.75, 3.05) is 0 Å². The number of allylic oxidation sites excluding steroid dienone is 6. The summed E-state index contributed by atoms with van der Waals surface area (Å²) in [5.74, 6) is 0.197. The van der Waals surface area contributed by atoms with Crippen molar-refractivity contribution in [1.29, 1.82) is 0 Å². The van der Waals surface area contributed by atoms with E-state index in [4.69, 9.17) is 4.42 Å². The summed E-state index contributed by atoms with van der Waals surface area (Å²) in [4.78, 5) is 0. The van der Waals surface area contributed by atoms with Crippen LogP contribution in [0.2, 0.25) is 0 Å². The molecular weight excluding hydrogens is 786 g/mol. The summed E-state index contributed by atoms with van der Waals surface area (Å²) < 4.78 is 12.8. The molecule has 0 saturated heterocycles. The van der Waals surface area contributed by atoms with Gasteiger partial charge in [-0.3, -0.25) is 0 Å². The van der Waals surface area contributed by atoms with Crippen molar-refractivity contribution in [3.63, 3.8) is 0 Å². The summed E-state index contributed by atoms with van der Waals surface area (Å²) in [6.45, 7) is 0. The molecule has 0 saturated carbocycles. The molecule has 4 atom stereocenters. The quantitative estimate of drug-likeness (QED) is 0.0985. The van der Waals surface area contributed by atoms with Crippen molar-refractivity contribution in [2.45, 2.75) is 12.3 Å². The zero-order valence-electron chi connectivity index (χ0n) is 32.4. The zero-order valence-corrected chi connectivity index (χ0v) is 35.1. The second-order valence-corrected chi connectivity index (χ2v) is 22.4. The Kier molecular flexibility index (Phi) is 6.97. The third kappa shape index (κ3) is 4.37. The summed E-state index contributed by atoms with van der Waals surface area (Å²) >= 11 is 0. The minimum Gasteiger partial charge on any atom is -0.455 e. The molecule has 0 fully saturated rings. The Morgan fingerprint density at radius 3 is 1.95 bits per heavy atom. The molecule has 280 valence electrons. The summed E-state index contributed by atoms with van der Waals surface area (Å²) in [7, 11) is -2.70. The Morgan fingerprint density at radius 2 is 1.23 bits per heavy atom. The van der Waals surface area contributed by atoms with Crippen molar-refractivity contribution in [3.8, 4) is 16.7 Å². The van der Waals surface area contributed by atoms with E-state index in [1.54, 1.807) is 0 Å². The van der Waals surface area contributed by atoms with Gasteiger partial charge in [0.1, 0.15) is 32.8 Å². The van der Waals surface area contributed by atoms with E-state index in [0.29, 0.717) is 0 Å². The maximum absolute atomic E-state index is 7.58. The van der Waals surface area contributed by atoms with Crippen molar-refractivity contribution in [3.05, 3.63) is 204 Å². The molecule has 4 aromatic heterocycles. The summed E-state index contributed by atoms with van der Waals surface area (Å²) in [5.41, 5.74) is 10.9. The molecule has 14 rings (SSSR count). The third-order valence-electron chi connectivity index (χ3n) is 12.9. The molecule has 2 aliphatic carbocycles. The first-order valence-corrected chi connectivity index (χ1v) is 24.7. The highest BCUT2D eigenvalue weighted by Crippen LogP contribution is 2.61. The van der Waals surface area contributed by atoms with Crippen LogP contribution in [0.15, 0.2) is 193 Å². The lowest BCUT2D eigenvalue weighted by molar-refractivity contribution is 0.663. The molecule has 3 nitrogen and oxygen atoms in total. The molecule has 3 aliphatic rings. The lowest BCUT2D eigenvalue weighted by Gasteiger charge is -2.25. The van der Waals surface area contributed by atoms with Crippen molar-refractivity contribution >= 4 is 103 Å². The van der Waals surface area contributed by atoms with Crippen LogP contribution in [-0.4, -0.2) is 14.4 Å². The van der Waals surface area contributed by atoms with Crippen molar-refractivity contribution in [1.82, 2.24) is 9.13 Å². The smallest absolute Gasteiger partial charge is 0.187 e. The largest absolute Gasteiger partial charge is 0.455 e. The highest BCUT2D eigenvalue weighted by atomic mass is 31.1. The van der Waals surface area contributed by atoms with E-state index >= 15 is 0 Å². The van der Waals surface area contributed by atoms with E-state index in [1.807, 2.05) is 0 Å². The summed E-state index contributed by atoms with van der Waals surface area (Å²) in [6.07, 6.45) is 17.2. The van der Waals surface area contributed by atoms with Crippen LogP contribution >= 0.6 is 22.4 Å². The predicted molar refractivity (Wildman–Crippen MR) is 260 cm³/mol. The molecule has 5 heterocycles. The van der Waals surface area contributed by atoms with Crippen LogP contribution in [0.4, 0.5) is 0 Å². The van der Waals surface area contributed by atoms with Gasteiger partial charge in [0.05, 0.1) is 27.2 Å². The van der Waals surface area contributed by atoms with E-state index in [-0.39, 0.29) is 5.92 Å². The number of para-hydroxylation sites is 2. The molecule has 6 heteroatoms. The minimum absolute atomic E-state index is 0.197. The van der Waals surface area contributed by atoms with Gasteiger partial charge in [-0.05, 0) is 78.9 Å². The van der Waals surface area contributed by atoms with Crippen molar-refractivity contribution in [2.24, 2.45) is 0 Å². The summed E-state index contributed by atoms with van der Waals surface area (Å²) in [5, 5.41) is 15.6. The van der Waals surface area contributed by atoms with Crippen LogP contribution in [0.1, 0.15) is 16.8 Å². The number of hydrogen-bond acceptors (Lipinski definition) is 1. The van der Waals surface area contributed by atoms with Crippen LogP contribution < -0.4 is 15.8 Å². The van der Waals surface area contributed by atoms with Gasteiger partial charge in [-0.2, -0.15) is 0 Å². The maximum Gasteiger partial charge on any atom is 0.187 e. The number of hydrogen-bond donors (Lipinski definition) is 0. The van der Waals surface area contributed by atoms with Gasteiger partial charge < -0.3 is 13.6 Å². The second kappa shape index (κ2) is 12.5. The predicted octanol–water partition coefficient (Wildman–Crippen LogP) is 13.8. The lowest BCUT2D eigenvalue weighted by atomic mass is 9.92. The molecule has 0 N–H and O–H groups in total. The Labute approximate surface area is 348 Å². The topological polar surface area (TPSA) is 23.0 Å². The van der Waals surface area contributed by atoms with Gasteiger partial charge in [0.2, 0.25) is 0 Å². The van der Waals surface area contributed by atoms with E-state index in [2.05, 4.69) is 203 Å². The number of rotatable bonds is 4. The van der Waals surface area contributed by atoms with E-state index in [9.17, 15) is 0 Å². The molecule has 11 aromatic rings. The second-order valence-electron chi connectivity index (χ2n) is 16.0. The van der Waals surface area contributed by atoms with Crippen molar-refractivity contribution < 1.29 is 4.42 Å². The Morgan fingerprint density at radius 1 is 0.600 bits per heavy atom. The fourth-order valence-electron chi connectivity index (χ4n) is 10.7. The number of nitrogens with zero attached hydrogens (tertiary/aromatic N) is 2. The first-order valence-electron chi connectivity index (χ1n) is 20.7. The zero-order chi connectivity index (χ0) is 39.1. The maximum atomic E-state index is 7.58. The molecule has 0 amide bonds. The van der Waals surface area contributed by atoms with E-state index in [1.165, 1.54) is 96.6 Å². The third-order valence-corrected chi connectivity index (χ3v) is 21.0. The number of benzene rings is 7. The molecule has 0 spiro atoms. The van der Waals surface area contributed by atoms with E-state index in [0.717, 1.165) is 17.6 Å². The molecule has 0 radical (unpaired) electrons. The average Bonchev–Trinajstić information content (AvgIpc) is 3.83.